The number of carbonyl (C=O) groups is 2. The number of carbonyl (C=O) groups excluding carboxylic acids is 2. The largest absolute Gasteiger partial charge is 0.416 e. The van der Waals surface area contributed by atoms with Crippen LogP contribution in [-0.2, 0) is 12.7 Å². The highest BCUT2D eigenvalue weighted by atomic mass is 19.4. The molecule has 0 aliphatic heterocycles. The molecule has 0 unspecified atom stereocenters. The first-order valence-electron chi connectivity index (χ1n) is 10.4. The molecule has 0 aliphatic carbocycles. The number of hydrogen-bond acceptors (Lipinski definition) is 3. The normalized spacial score (nSPS) is 11.7. The quantitative estimate of drug-likeness (QED) is 0.617. The number of nitrogens with one attached hydrogen (secondary N) is 1. The number of halogens is 4. The second kappa shape index (κ2) is 10.2. The van der Waals surface area contributed by atoms with Gasteiger partial charge in [0.15, 0.2) is 0 Å². The molecule has 0 radical (unpaired) electrons. The highest BCUT2D eigenvalue weighted by Crippen LogP contribution is 2.30. The van der Waals surface area contributed by atoms with Gasteiger partial charge < -0.3 is 14.8 Å². The van der Waals surface area contributed by atoms with Crippen LogP contribution in [0.5, 0.6) is 0 Å². The van der Waals surface area contributed by atoms with E-state index in [1.165, 1.54) is 17.3 Å². The van der Waals surface area contributed by atoms with Crippen molar-refractivity contribution in [2.45, 2.75) is 46.5 Å². The van der Waals surface area contributed by atoms with Crippen molar-refractivity contribution in [2.75, 3.05) is 13.6 Å². The van der Waals surface area contributed by atoms with E-state index in [4.69, 9.17) is 0 Å². The number of pyridine rings is 1. The monoisotopic (exact) mass is 469 g/mol. The van der Waals surface area contributed by atoms with Crippen molar-refractivity contribution < 1.29 is 27.2 Å². The molecule has 6 nitrogen and oxygen atoms in total. The predicted octanol–water partition coefficient (Wildman–Crippen LogP) is 4.25. The van der Waals surface area contributed by atoms with Crippen LogP contribution < -0.4 is 10.7 Å². The Hall–Kier alpha value is -3.17. The Morgan fingerprint density at radius 3 is 2.21 bits per heavy atom. The molecule has 180 valence electrons. The first kappa shape index (κ1) is 26.1. The Labute approximate surface area is 189 Å². The van der Waals surface area contributed by atoms with Crippen molar-refractivity contribution in [2.24, 2.45) is 5.92 Å². The fraction of sp³-hybridized carbons (Fsp3) is 0.435. The lowest BCUT2D eigenvalue weighted by atomic mass is 10.1. The Morgan fingerprint density at radius 1 is 1.09 bits per heavy atom. The minimum atomic E-state index is -4.69. The topological polar surface area (TPSA) is 71.4 Å². The maximum atomic E-state index is 14.1. The van der Waals surface area contributed by atoms with Gasteiger partial charge in [-0.2, -0.15) is 13.2 Å². The number of amides is 2. The Morgan fingerprint density at radius 2 is 1.70 bits per heavy atom. The summed E-state index contributed by atoms with van der Waals surface area (Å²) in [5.41, 5.74) is -2.60. The van der Waals surface area contributed by atoms with E-state index in [9.17, 15) is 31.9 Å². The van der Waals surface area contributed by atoms with Crippen molar-refractivity contribution in [3.05, 3.63) is 68.9 Å². The second-order valence-corrected chi connectivity index (χ2v) is 8.52. The van der Waals surface area contributed by atoms with Gasteiger partial charge in [-0.05, 0) is 31.9 Å². The van der Waals surface area contributed by atoms with E-state index in [0.717, 1.165) is 6.07 Å². The number of aromatic nitrogens is 1. The SMILES string of the molecule is CC(C)CN(C)C(=O)c1cn(C(C)C)cc(C(=O)NCc2ccc(C(F)(F)F)cc2F)c1=O. The molecule has 0 saturated heterocycles. The standard InChI is InChI=1S/C23H27F4N3O3/c1-13(2)10-29(5)22(33)18-12-30(14(3)4)11-17(20(18)31)21(32)28-9-15-6-7-16(8-19(15)24)23(25,26)27/h6-8,11-14H,9-10H2,1-5H3,(H,28,32). The van der Waals surface area contributed by atoms with E-state index in [1.807, 2.05) is 13.8 Å². The van der Waals surface area contributed by atoms with Crippen molar-refractivity contribution in [1.29, 1.82) is 0 Å². The summed E-state index contributed by atoms with van der Waals surface area (Å²) in [5, 5.41) is 2.35. The highest BCUT2D eigenvalue weighted by Gasteiger charge is 2.31. The number of rotatable bonds is 7. The van der Waals surface area contributed by atoms with Gasteiger partial charge in [-0.25, -0.2) is 4.39 Å². The number of hydrogen-bond donors (Lipinski definition) is 1. The molecule has 2 amide bonds. The molecule has 0 spiro atoms. The summed E-state index contributed by atoms with van der Waals surface area (Å²) >= 11 is 0. The van der Waals surface area contributed by atoms with Gasteiger partial charge >= 0.3 is 6.18 Å². The van der Waals surface area contributed by atoms with E-state index < -0.39 is 41.3 Å². The third-order valence-corrected chi connectivity index (χ3v) is 4.92. The summed E-state index contributed by atoms with van der Waals surface area (Å²) < 4.78 is 53.7. The highest BCUT2D eigenvalue weighted by molar-refractivity contribution is 5.99. The molecule has 1 aromatic heterocycles. The van der Waals surface area contributed by atoms with Crippen LogP contribution in [0.15, 0.2) is 35.4 Å². The fourth-order valence-electron chi connectivity index (χ4n) is 3.18. The van der Waals surface area contributed by atoms with Gasteiger partial charge in [0, 0.05) is 44.1 Å². The van der Waals surface area contributed by atoms with Crippen LogP contribution in [0, 0.1) is 11.7 Å². The van der Waals surface area contributed by atoms with Gasteiger partial charge in [-0.15, -0.1) is 0 Å². The molecule has 1 aromatic carbocycles. The Bertz CT molecular complexity index is 1090. The fourth-order valence-corrected chi connectivity index (χ4v) is 3.18. The lowest BCUT2D eigenvalue weighted by molar-refractivity contribution is -0.137. The zero-order valence-electron chi connectivity index (χ0n) is 19.1. The molecule has 0 aliphatic rings. The average molecular weight is 469 g/mol. The molecule has 0 fully saturated rings. The second-order valence-electron chi connectivity index (χ2n) is 8.52. The van der Waals surface area contributed by atoms with Crippen LogP contribution in [-0.4, -0.2) is 34.9 Å². The third kappa shape index (κ3) is 6.43. The maximum absolute atomic E-state index is 14.1. The molecule has 33 heavy (non-hydrogen) atoms. The van der Waals surface area contributed by atoms with Gasteiger partial charge in [0.1, 0.15) is 16.9 Å². The van der Waals surface area contributed by atoms with Crippen LogP contribution in [0.3, 0.4) is 0 Å². The minimum absolute atomic E-state index is 0.163. The van der Waals surface area contributed by atoms with Crippen LogP contribution >= 0.6 is 0 Å². The molecule has 1 heterocycles. The molecule has 0 saturated carbocycles. The molecule has 0 bridgehead atoms. The Kier molecular flexibility index (Phi) is 8.05. The average Bonchev–Trinajstić information content (AvgIpc) is 2.70. The smallest absolute Gasteiger partial charge is 0.350 e. The number of benzene rings is 1. The summed E-state index contributed by atoms with van der Waals surface area (Å²) in [5.74, 6) is -2.37. The zero-order valence-corrected chi connectivity index (χ0v) is 19.1. The number of alkyl halides is 3. The first-order chi connectivity index (χ1) is 15.2. The molecular weight excluding hydrogens is 442 g/mol. The lowest BCUT2D eigenvalue weighted by Gasteiger charge is -2.21. The first-order valence-corrected chi connectivity index (χ1v) is 10.4. The van der Waals surface area contributed by atoms with Crippen molar-refractivity contribution >= 4 is 11.8 Å². The summed E-state index contributed by atoms with van der Waals surface area (Å²) in [6, 6.07) is 1.80. The number of nitrogens with zero attached hydrogens (tertiary/aromatic N) is 2. The van der Waals surface area contributed by atoms with Crippen molar-refractivity contribution in [3.63, 3.8) is 0 Å². The van der Waals surface area contributed by atoms with Crippen molar-refractivity contribution in [1.82, 2.24) is 14.8 Å². The third-order valence-electron chi connectivity index (χ3n) is 4.92. The predicted molar refractivity (Wildman–Crippen MR) is 115 cm³/mol. The van der Waals surface area contributed by atoms with Crippen LogP contribution in [0.4, 0.5) is 17.6 Å². The van der Waals surface area contributed by atoms with E-state index in [-0.39, 0.29) is 28.7 Å². The maximum Gasteiger partial charge on any atom is 0.416 e. The molecule has 1 N–H and O–H groups in total. The van der Waals surface area contributed by atoms with E-state index in [0.29, 0.717) is 18.7 Å². The van der Waals surface area contributed by atoms with E-state index in [2.05, 4.69) is 5.32 Å². The van der Waals surface area contributed by atoms with Crippen LogP contribution in [0.1, 0.15) is 65.6 Å². The molecule has 2 aromatic rings. The zero-order chi connectivity index (χ0) is 25.1. The molecule has 0 atom stereocenters. The summed E-state index contributed by atoms with van der Waals surface area (Å²) in [7, 11) is 1.56. The van der Waals surface area contributed by atoms with E-state index >= 15 is 0 Å². The Balaban J connectivity index is 2.34. The summed E-state index contributed by atoms with van der Waals surface area (Å²) in [6.07, 6.45) is -2.01. The lowest BCUT2D eigenvalue weighted by Crippen LogP contribution is -2.37. The van der Waals surface area contributed by atoms with Crippen molar-refractivity contribution in [3.8, 4) is 0 Å². The van der Waals surface area contributed by atoms with Crippen LogP contribution in [0.2, 0.25) is 0 Å². The summed E-state index contributed by atoms with van der Waals surface area (Å²) in [4.78, 5) is 39.9. The molecule has 2 rings (SSSR count). The minimum Gasteiger partial charge on any atom is -0.350 e. The van der Waals surface area contributed by atoms with Gasteiger partial charge in [-0.1, -0.05) is 19.9 Å². The molecular formula is C23H27F4N3O3. The van der Waals surface area contributed by atoms with Crippen LogP contribution in [0.25, 0.3) is 0 Å². The van der Waals surface area contributed by atoms with Gasteiger partial charge in [0.05, 0.1) is 5.56 Å². The molecule has 10 heteroatoms. The van der Waals surface area contributed by atoms with Gasteiger partial charge in [0.2, 0.25) is 5.43 Å². The summed E-state index contributed by atoms with van der Waals surface area (Å²) in [6.45, 7) is 7.41. The van der Waals surface area contributed by atoms with Gasteiger partial charge in [0.25, 0.3) is 11.8 Å². The van der Waals surface area contributed by atoms with Gasteiger partial charge in [-0.3, -0.25) is 14.4 Å². The van der Waals surface area contributed by atoms with E-state index in [1.54, 1.807) is 25.5 Å².